The highest BCUT2D eigenvalue weighted by Crippen LogP contribution is 2.33. The molecule has 35 heavy (non-hydrogen) atoms. The molecule has 0 saturated carbocycles. The van der Waals surface area contributed by atoms with Crippen molar-refractivity contribution in [2.45, 2.75) is 27.2 Å². The summed E-state index contributed by atoms with van der Waals surface area (Å²) >= 11 is 1.42. The zero-order chi connectivity index (χ0) is 24.4. The van der Waals surface area contributed by atoms with Gasteiger partial charge in [-0.25, -0.2) is 9.97 Å². The number of nitrogens with one attached hydrogen (secondary N) is 1. The van der Waals surface area contributed by atoms with Gasteiger partial charge in [0.1, 0.15) is 4.83 Å². The van der Waals surface area contributed by atoms with Crippen LogP contribution in [0.25, 0.3) is 21.8 Å². The van der Waals surface area contributed by atoms with Gasteiger partial charge in [0, 0.05) is 43.8 Å². The van der Waals surface area contributed by atoms with Crippen LogP contribution in [0.2, 0.25) is 0 Å². The van der Waals surface area contributed by atoms with E-state index in [2.05, 4.69) is 56.3 Å². The van der Waals surface area contributed by atoms with E-state index in [0.717, 1.165) is 60.6 Å². The number of carbonyl (C=O) groups excluding carboxylic acids is 1. The van der Waals surface area contributed by atoms with Crippen LogP contribution in [0.4, 0.5) is 5.69 Å². The Balaban J connectivity index is 1.14. The summed E-state index contributed by atoms with van der Waals surface area (Å²) in [5, 5.41) is 4.07. The van der Waals surface area contributed by atoms with Crippen molar-refractivity contribution in [2.75, 3.05) is 44.2 Å². The minimum absolute atomic E-state index is 0.0336. The maximum absolute atomic E-state index is 13.0. The van der Waals surface area contributed by atoms with Crippen LogP contribution in [-0.2, 0) is 0 Å². The highest BCUT2D eigenvalue weighted by atomic mass is 32.1. The zero-order valence-corrected chi connectivity index (χ0v) is 21.3. The Morgan fingerprint density at radius 1 is 1.09 bits per heavy atom. The quantitative estimate of drug-likeness (QED) is 0.375. The van der Waals surface area contributed by atoms with E-state index in [1.807, 2.05) is 26.0 Å². The number of carbonyl (C=O) groups is 1. The first-order chi connectivity index (χ1) is 17.0. The molecule has 0 radical (unpaired) electrons. The van der Waals surface area contributed by atoms with Crippen molar-refractivity contribution in [1.29, 1.82) is 0 Å². The molecule has 4 aromatic rings. The predicted molar refractivity (Wildman–Crippen MR) is 141 cm³/mol. The SMILES string of the molecule is Cc1cccc(N2CCN(CCCNC(=O)c3sc4nc(-c5ccco5)nc(C)c4c3C)CC2)c1. The first kappa shape index (κ1) is 23.5. The number of anilines is 1. The Hall–Kier alpha value is -3.23. The van der Waals surface area contributed by atoms with Crippen molar-refractivity contribution in [3.8, 4) is 11.6 Å². The number of fused-ring (bicyclic) bond motifs is 1. The lowest BCUT2D eigenvalue weighted by Crippen LogP contribution is -2.47. The van der Waals surface area contributed by atoms with Crippen molar-refractivity contribution in [2.24, 2.45) is 0 Å². The monoisotopic (exact) mass is 489 g/mol. The Labute approximate surface area is 209 Å². The number of hydrogen-bond acceptors (Lipinski definition) is 7. The highest BCUT2D eigenvalue weighted by Gasteiger charge is 2.21. The number of amides is 1. The van der Waals surface area contributed by atoms with Crippen LogP contribution < -0.4 is 10.2 Å². The van der Waals surface area contributed by atoms with E-state index in [4.69, 9.17) is 4.42 Å². The average molecular weight is 490 g/mol. The van der Waals surface area contributed by atoms with Gasteiger partial charge in [-0.1, -0.05) is 12.1 Å². The van der Waals surface area contributed by atoms with E-state index in [-0.39, 0.29) is 5.91 Å². The number of aromatic nitrogens is 2. The fourth-order valence-electron chi connectivity index (χ4n) is 4.71. The number of nitrogens with zero attached hydrogens (tertiary/aromatic N) is 4. The number of furan rings is 1. The summed E-state index contributed by atoms with van der Waals surface area (Å²) in [7, 11) is 0. The summed E-state index contributed by atoms with van der Waals surface area (Å²) in [5.74, 6) is 1.15. The van der Waals surface area contributed by atoms with Gasteiger partial charge in [-0.3, -0.25) is 9.69 Å². The Morgan fingerprint density at radius 2 is 1.91 bits per heavy atom. The van der Waals surface area contributed by atoms with Gasteiger partial charge in [-0.05, 0) is 69.1 Å². The van der Waals surface area contributed by atoms with E-state index < -0.39 is 0 Å². The first-order valence-corrected chi connectivity index (χ1v) is 12.9. The Bertz CT molecular complexity index is 1320. The maximum atomic E-state index is 13.0. The number of aryl methyl sites for hydroxylation is 3. The fraction of sp³-hybridized carbons (Fsp3) is 0.370. The molecule has 0 unspecified atom stereocenters. The van der Waals surface area contributed by atoms with Crippen LogP contribution in [0.1, 0.15) is 32.9 Å². The largest absolute Gasteiger partial charge is 0.461 e. The molecule has 7 nitrogen and oxygen atoms in total. The second-order valence-electron chi connectivity index (χ2n) is 9.12. The molecule has 3 aromatic heterocycles. The molecule has 1 amide bonds. The maximum Gasteiger partial charge on any atom is 0.261 e. The van der Waals surface area contributed by atoms with Crippen LogP contribution in [0, 0.1) is 20.8 Å². The molecule has 1 aromatic carbocycles. The van der Waals surface area contributed by atoms with E-state index in [0.29, 0.717) is 23.0 Å². The smallest absolute Gasteiger partial charge is 0.261 e. The lowest BCUT2D eigenvalue weighted by molar-refractivity contribution is 0.0955. The van der Waals surface area contributed by atoms with Gasteiger partial charge in [0.25, 0.3) is 5.91 Å². The molecule has 8 heteroatoms. The zero-order valence-electron chi connectivity index (χ0n) is 20.5. The summed E-state index contributed by atoms with van der Waals surface area (Å²) in [4.78, 5) is 28.7. The van der Waals surface area contributed by atoms with Gasteiger partial charge >= 0.3 is 0 Å². The van der Waals surface area contributed by atoms with Crippen molar-refractivity contribution in [3.05, 3.63) is 64.4 Å². The lowest BCUT2D eigenvalue weighted by Gasteiger charge is -2.36. The second kappa shape index (κ2) is 10.2. The molecular formula is C27H31N5O2S. The number of piperazine rings is 1. The van der Waals surface area contributed by atoms with Crippen molar-refractivity contribution >= 4 is 33.1 Å². The van der Waals surface area contributed by atoms with E-state index in [1.54, 1.807) is 6.26 Å². The van der Waals surface area contributed by atoms with Crippen LogP contribution in [-0.4, -0.2) is 60.0 Å². The third-order valence-corrected chi connectivity index (χ3v) is 7.78. The second-order valence-corrected chi connectivity index (χ2v) is 10.1. The normalized spacial score (nSPS) is 14.5. The fourth-order valence-corrected chi connectivity index (χ4v) is 5.86. The third-order valence-electron chi connectivity index (χ3n) is 6.59. The first-order valence-electron chi connectivity index (χ1n) is 12.1. The molecular weight excluding hydrogens is 458 g/mol. The summed E-state index contributed by atoms with van der Waals surface area (Å²) in [6, 6.07) is 12.4. The summed E-state index contributed by atoms with van der Waals surface area (Å²) in [5.41, 5.74) is 4.42. The van der Waals surface area contributed by atoms with E-state index in [9.17, 15) is 4.79 Å². The molecule has 0 atom stereocenters. The Kier molecular flexibility index (Phi) is 6.83. The van der Waals surface area contributed by atoms with Crippen molar-refractivity contribution < 1.29 is 9.21 Å². The Morgan fingerprint density at radius 3 is 2.66 bits per heavy atom. The summed E-state index contributed by atoms with van der Waals surface area (Å²) < 4.78 is 5.45. The molecule has 4 heterocycles. The molecule has 182 valence electrons. The minimum atomic E-state index is -0.0336. The van der Waals surface area contributed by atoms with Crippen LogP contribution in [0.3, 0.4) is 0 Å². The van der Waals surface area contributed by atoms with Crippen LogP contribution in [0.5, 0.6) is 0 Å². The number of hydrogen-bond donors (Lipinski definition) is 1. The topological polar surface area (TPSA) is 74.5 Å². The number of benzene rings is 1. The molecule has 5 rings (SSSR count). The summed E-state index contributed by atoms with van der Waals surface area (Å²) in [6.45, 7) is 11.9. The molecule has 1 fully saturated rings. The van der Waals surface area contributed by atoms with E-state index >= 15 is 0 Å². The lowest BCUT2D eigenvalue weighted by atomic mass is 10.1. The molecule has 1 aliphatic rings. The van der Waals surface area contributed by atoms with Gasteiger partial charge in [0.15, 0.2) is 11.6 Å². The van der Waals surface area contributed by atoms with Gasteiger partial charge in [0.2, 0.25) is 0 Å². The molecule has 1 saturated heterocycles. The predicted octanol–water partition coefficient (Wildman–Crippen LogP) is 4.82. The molecule has 0 aliphatic carbocycles. The standard InChI is InChI=1S/C27H31N5O2S/c1-18-7-4-8-21(17-18)32-14-12-31(13-15-32)11-6-10-28-26(33)24-19(2)23-20(3)29-25(30-27(23)35-24)22-9-5-16-34-22/h4-5,7-9,16-17H,6,10-15H2,1-3H3,(H,28,33). The summed E-state index contributed by atoms with van der Waals surface area (Å²) in [6.07, 6.45) is 2.54. The number of thiophene rings is 1. The van der Waals surface area contributed by atoms with Crippen molar-refractivity contribution in [1.82, 2.24) is 20.2 Å². The molecule has 1 N–H and O–H groups in total. The third kappa shape index (κ3) is 5.09. The molecule has 0 spiro atoms. The average Bonchev–Trinajstić information content (AvgIpc) is 3.51. The van der Waals surface area contributed by atoms with Crippen LogP contribution >= 0.6 is 11.3 Å². The molecule has 1 aliphatic heterocycles. The van der Waals surface area contributed by atoms with E-state index in [1.165, 1.54) is 22.6 Å². The highest BCUT2D eigenvalue weighted by molar-refractivity contribution is 7.20. The van der Waals surface area contributed by atoms with Gasteiger partial charge < -0.3 is 14.6 Å². The molecule has 0 bridgehead atoms. The van der Waals surface area contributed by atoms with Gasteiger partial charge in [-0.2, -0.15) is 0 Å². The van der Waals surface area contributed by atoms with Crippen LogP contribution in [0.15, 0.2) is 47.1 Å². The number of rotatable bonds is 7. The van der Waals surface area contributed by atoms with Crippen molar-refractivity contribution in [3.63, 3.8) is 0 Å². The minimum Gasteiger partial charge on any atom is -0.461 e. The van der Waals surface area contributed by atoms with Gasteiger partial charge in [0.05, 0.1) is 16.8 Å². The van der Waals surface area contributed by atoms with Gasteiger partial charge in [-0.15, -0.1) is 11.3 Å².